The highest BCUT2D eigenvalue weighted by Crippen LogP contribution is 2.02. The molecule has 5 N–H and O–H groups in total. The van der Waals surface area contributed by atoms with Crippen LogP contribution in [0.3, 0.4) is 0 Å². The first-order valence-corrected chi connectivity index (χ1v) is 5.33. The molecule has 1 amide bonds. The molecule has 0 aliphatic carbocycles. The van der Waals surface area contributed by atoms with Gasteiger partial charge in [-0.3, -0.25) is 5.41 Å². The molecule has 0 spiro atoms. The molecule has 9 heteroatoms. The lowest BCUT2D eigenvalue weighted by molar-refractivity contribution is 0.177. The Morgan fingerprint density at radius 1 is 1.47 bits per heavy atom. The predicted molar refractivity (Wildman–Crippen MR) is 53.6 cm³/mol. The maximum absolute atomic E-state index is 11.2. The van der Waals surface area contributed by atoms with Crippen molar-refractivity contribution in [3.05, 3.63) is 0 Å². The van der Waals surface area contributed by atoms with Crippen molar-refractivity contribution in [1.29, 1.82) is 5.41 Å². The molecule has 0 saturated heterocycles. The lowest BCUT2D eigenvalue weighted by Crippen LogP contribution is -2.56. The number of nitrogens with two attached hydrogens (primary N) is 1. The van der Waals surface area contributed by atoms with E-state index in [1.165, 1.54) is 13.8 Å². The van der Waals surface area contributed by atoms with Crippen LogP contribution in [0.1, 0.15) is 13.8 Å². The van der Waals surface area contributed by atoms with Crippen LogP contribution in [0.2, 0.25) is 0 Å². The highest BCUT2D eigenvalue weighted by molar-refractivity contribution is 7.88. The lowest BCUT2D eigenvalue weighted by Gasteiger charge is -2.23. The second-order valence-electron chi connectivity index (χ2n) is 3.24. The Bertz CT molecular complexity index is 361. The van der Waals surface area contributed by atoms with E-state index < -0.39 is 21.8 Å². The van der Waals surface area contributed by atoms with Crippen LogP contribution >= 0.6 is 0 Å². The van der Waals surface area contributed by atoms with Crippen molar-refractivity contribution in [3.63, 3.8) is 0 Å². The minimum atomic E-state index is -4.09. The molecule has 0 saturated carbocycles. The van der Waals surface area contributed by atoms with Crippen LogP contribution in [0.5, 0.6) is 0 Å². The summed E-state index contributed by atoms with van der Waals surface area (Å²) in [6.07, 6.45) is -1.12. The summed E-state index contributed by atoms with van der Waals surface area (Å²) < 4.78 is 30.2. The van der Waals surface area contributed by atoms with Gasteiger partial charge in [-0.25, -0.2) is 9.52 Å². The molecule has 0 atom stereocenters. The first kappa shape index (κ1) is 13.7. The molecule has 0 aliphatic rings. The quantitative estimate of drug-likeness (QED) is 0.364. The van der Waals surface area contributed by atoms with Crippen molar-refractivity contribution in [3.8, 4) is 0 Å². The zero-order chi connectivity index (χ0) is 12.3. The van der Waals surface area contributed by atoms with E-state index in [0.717, 1.165) is 7.11 Å². The Hall–Kier alpha value is -1.35. The van der Waals surface area contributed by atoms with E-state index in [1.807, 2.05) is 4.72 Å². The monoisotopic (exact) mass is 238 g/mol. The molecule has 88 valence electrons. The van der Waals surface area contributed by atoms with E-state index in [-0.39, 0.29) is 5.84 Å². The first-order chi connectivity index (χ1) is 6.60. The summed E-state index contributed by atoms with van der Waals surface area (Å²) in [6, 6.07) is 0. The van der Waals surface area contributed by atoms with Gasteiger partial charge in [0.2, 0.25) is 0 Å². The van der Waals surface area contributed by atoms with Gasteiger partial charge in [0.05, 0.1) is 12.6 Å². The van der Waals surface area contributed by atoms with E-state index in [9.17, 15) is 13.2 Å². The maximum Gasteiger partial charge on any atom is 0.421 e. The summed E-state index contributed by atoms with van der Waals surface area (Å²) in [7, 11) is -3.06. The largest absolute Gasteiger partial charge is 0.452 e. The summed E-state index contributed by atoms with van der Waals surface area (Å²) in [6.45, 7) is 2.76. The molecule has 0 fully saturated rings. The van der Waals surface area contributed by atoms with Gasteiger partial charge in [0, 0.05) is 0 Å². The Morgan fingerprint density at radius 2 is 1.93 bits per heavy atom. The molecular formula is C6H14N4O4S. The zero-order valence-electron chi connectivity index (χ0n) is 8.62. The van der Waals surface area contributed by atoms with Gasteiger partial charge < -0.3 is 10.5 Å². The third-order valence-corrected chi connectivity index (χ3v) is 2.68. The van der Waals surface area contributed by atoms with Crippen LogP contribution in [0.4, 0.5) is 4.79 Å². The number of carbonyl (C=O) groups excluding carboxylic acids is 1. The second-order valence-corrected chi connectivity index (χ2v) is 4.65. The van der Waals surface area contributed by atoms with Gasteiger partial charge in [0.25, 0.3) is 0 Å². The minimum Gasteiger partial charge on any atom is -0.452 e. The zero-order valence-corrected chi connectivity index (χ0v) is 9.44. The SMILES string of the molecule is COC(=O)NS(=O)(=O)NC(C)(C)C(=N)N. The maximum atomic E-state index is 11.2. The van der Waals surface area contributed by atoms with Crippen molar-refractivity contribution in [2.24, 2.45) is 5.73 Å². The van der Waals surface area contributed by atoms with Crippen LogP contribution in [0.25, 0.3) is 0 Å². The molecule has 0 unspecified atom stereocenters. The third-order valence-electron chi connectivity index (χ3n) is 1.47. The Morgan fingerprint density at radius 3 is 2.27 bits per heavy atom. The smallest absolute Gasteiger partial charge is 0.421 e. The van der Waals surface area contributed by atoms with Gasteiger partial charge in [0.1, 0.15) is 5.84 Å². The van der Waals surface area contributed by atoms with Gasteiger partial charge in [-0.15, -0.1) is 0 Å². The van der Waals surface area contributed by atoms with Crippen LogP contribution in [0.15, 0.2) is 0 Å². The molecule has 0 bridgehead atoms. The summed E-state index contributed by atoms with van der Waals surface area (Å²) >= 11 is 0. The van der Waals surface area contributed by atoms with Gasteiger partial charge in [-0.05, 0) is 13.8 Å². The number of hydrogen-bond donors (Lipinski definition) is 4. The molecule has 0 heterocycles. The molecule has 0 aromatic heterocycles. The van der Waals surface area contributed by atoms with Crippen LogP contribution in [0, 0.1) is 5.41 Å². The molecular weight excluding hydrogens is 224 g/mol. The van der Waals surface area contributed by atoms with Crippen LogP contribution in [-0.2, 0) is 14.9 Å². The van der Waals surface area contributed by atoms with Crippen molar-refractivity contribution in [2.45, 2.75) is 19.4 Å². The fourth-order valence-electron chi connectivity index (χ4n) is 0.568. The number of methoxy groups -OCH3 is 1. The van der Waals surface area contributed by atoms with Crippen molar-refractivity contribution >= 4 is 22.1 Å². The van der Waals surface area contributed by atoms with E-state index in [1.54, 1.807) is 4.72 Å². The molecule has 0 aromatic rings. The first-order valence-electron chi connectivity index (χ1n) is 3.85. The standard InChI is InChI=1S/C6H14N4O4S/c1-6(2,4(7)8)10-15(12,13)9-5(11)14-3/h10H,1-3H3,(H3,7,8)(H,9,11). The van der Waals surface area contributed by atoms with Gasteiger partial charge in [-0.1, -0.05) is 0 Å². The highest BCUT2D eigenvalue weighted by Gasteiger charge is 2.28. The van der Waals surface area contributed by atoms with E-state index in [2.05, 4.69) is 4.74 Å². The number of rotatable bonds is 4. The Balaban J connectivity index is 4.66. The molecule has 0 aliphatic heterocycles. The number of hydrogen-bond acceptors (Lipinski definition) is 5. The van der Waals surface area contributed by atoms with Crippen molar-refractivity contribution in [1.82, 2.24) is 9.44 Å². The van der Waals surface area contributed by atoms with Gasteiger partial charge >= 0.3 is 16.3 Å². The summed E-state index contributed by atoms with van der Waals surface area (Å²) in [5.74, 6) is -0.377. The van der Waals surface area contributed by atoms with Gasteiger partial charge in [-0.2, -0.15) is 13.1 Å². The normalized spacial score (nSPS) is 11.9. The fraction of sp³-hybridized carbons (Fsp3) is 0.667. The number of amides is 1. The van der Waals surface area contributed by atoms with E-state index in [4.69, 9.17) is 11.1 Å². The molecule has 0 aromatic carbocycles. The number of nitrogens with one attached hydrogen (secondary N) is 3. The summed E-state index contributed by atoms with van der Waals surface area (Å²) in [5, 5.41) is 7.11. The topological polar surface area (TPSA) is 134 Å². The molecule has 0 radical (unpaired) electrons. The third kappa shape index (κ3) is 4.61. The van der Waals surface area contributed by atoms with Crippen molar-refractivity contribution < 1.29 is 17.9 Å². The molecule has 15 heavy (non-hydrogen) atoms. The van der Waals surface area contributed by atoms with Crippen LogP contribution in [-0.4, -0.2) is 33.0 Å². The number of ether oxygens (including phenoxy) is 1. The molecule has 0 rings (SSSR count). The second kappa shape index (κ2) is 4.45. The predicted octanol–water partition coefficient (Wildman–Crippen LogP) is -1.11. The summed E-state index contributed by atoms with van der Waals surface area (Å²) in [4.78, 5) is 10.6. The van der Waals surface area contributed by atoms with E-state index in [0.29, 0.717) is 0 Å². The lowest BCUT2D eigenvalue weighted by atomic mass is 10.1. The summed E-state index contributed by atoms with van der Waals surface area (Å²) in [5.41, 5.74) is 3.88. The minimum absolute atomic E-state index is 0.377. The van der Waals surface area contributed by atoms with E-state index >= 15 is 0 Å². The molecule has 8 nitrogen and oxygen atoms in total. The average Bonchev–Trinajstić information content (AvgIpc) is 2.00. The number of amidine groups is 1. The highest BCUT2D eigenvalue weighted by atomic mass is 32.2. The fourth-order valence-corrected chi connectivity index (χ4v) is 1.70. The Labute approximate surface area is 87.9 Å². The van der Waals surface area contributed by atoms with Crippen LogP contribution < -0.4 is 15.2 Å². The van der Waals surface area contributed by atoms with Crippen molar-refractivity contribution in [2.75, 3.05) is 7.11 Å². The Kier molecular flexibility index (Phi) is 4.05. The van der Waals surface area contributed by atoms with Gasteiger partial charge in [0.15, 0.2) is 0 Å². The number of carbonyl (C=O) groups is 1. The average molecular weight is 238 g/mol.